The van der Waals surface area contributed by atoms with E-state index in [9.17, 15) is 0 Å². The minimum atomic E-state index is 0.638. The number of piperazine rings is 1. The molecule has 0 spiro atoms. The average Bonchev–Trinajstić information content (AvgIpc) is 3.23. The number of aliphatic imine (C=N–C) groups is 1. The average molecular weight is 416 g/mol. The van der Waals surface area contributed by atoms with E-state index in [2.05, 4.69) is 57.3 Å². The standard InChI is InChI=1S/C24H41N5O/c1-3-25-24(29-14-11-23(20-29)21-30-2)26-12-7-8-13-27-15-17-28(18-16-27)19-22-9-5-4-6-10-22/h4-6,9-10,23H,3,7-8,11-21H2,1-2H3,(H,25,26). The van der Waals surface area contributed by atoms with Crippen molar-refractivity contribution in [3.05, 3.63) is 35.9 Å². The van der Waals surface area contributed by atoms with Gasteiger partial charge in [-0.1, -0.05) is 30.3 Å². The molecule has 1 atom stereocenters. The maximum Gasteiger partial charge on any atom is 0.193 e. The van der Waals surface area contributed by atoms with E-state index < -0.39 is 0 Å². The van der Waals surface area contributed by atoms with Gasteiger partial charge in [-0.05, 0) is 38.3 Å². The van der Waals surface area contributed by atoms with Crippen molar-refractivity contribution in [2.75, 3.05) is 72.6 Å². The van der Waals surface area contributed by atoms with Crippen LogP contribution in [0.1, 0.15) is 31.7 Å². The third-order valence-electron chi connectivity index (χ3n) is 6.18. The first kappa shape index (κ1) is 23.0. The number of methoxy groups -OCH3 is 1. The Labute approximate surface area is 183 Å². The normalized spacial score (nSPS) is 21.3. The number of ether oxygens (including phenoxy) is 1. The number of hydrogen-bond acceptors (Lipinski definition) is 4. The first-order valence-corrected chi connectivity index (χ1v) is 11.8. The van der Waals surface area contributed by atoms with Gasteiger partial charge in [-0.3, -0.25) is 9.89 Å². The second-order valence-corrected chi connectivity index (χ2v) is 8.60. The first-order chi connectivity index (χ1) is 14.8. The van der Waals surface area contributed by atoms with Crippen molar-refractivity contribution in [1.29, 1.82) is 0 Å². The molecule has 0 saturated carbocycles. The van der Waals surface area contributed by atoms with Crippen LogP contribution < -0.4 is 5.32 Å². The summed E-state index contributed by atoms with van der Waals surface area (Å²) in [6, 6.07) is 10.8. The highest BCUT2D eigenvalue weighted by molar-refractivity contribution is 5.80. The summed E-state index contributed by atoms with van der Waals surface area (Å²) in [6.45, 7) is 14.0. The molecule has 1 N–H and O–H groups in total. The smallest absolute Gasteiger partial charge is 0.193 e. The summed E-state index contributed by atoms with van der Waals surface area (Å²) >= 11 is 0. The molecule has 6 nitrogen and oxygen atoms in total. The molecular weight excluding hydrogens is 374 g/mol. The molecule has 6 heteroatoms. The molecule has 1 aromatic carbocycles. The molecule has 168 valence electrons. The van der Waals surface area contributed by atoms with Gasteiger partial charge in [-0.2, -0.15) is 0 Å². The molecule has 1 aromatic rings. The zero-order chi connectivity index (χ0) is 21.0. The summed E-state index contributed by atoms with van der Waals surface area (Å²) in [6.07, 6.45) is 3.59. The second kappa shape index (κ2) is 12.9. The molecule has 0 radical (unpaired) electrons. The summed E-state index contributed by atoms with van der Waals surface area (Å²) in [5, 5.41) is 3.47. The molecule has 0 aliphatic carbocycles. The molecule has 0 bridgehead atoms. The number of nitrogens with zero attached hydrogens (tertiary/aromatic N) is 4. The zero-order valence-corrected chi connectivity index (χ0v) is 19.1. The van der Waals surface area contributed by atoms with Crippen LogP contribution in [0.4, 0.5) is 0 Å². The van der Waals surface area contributed by atoms with Crippen molar-refractivity contribution in [2.45, 2.75) is 32.7 Å². The molecule has 0 aromatic heterocycles. The van der Waals surface area contributed by atoms with Gasteiger partial charge in [-0.25, -0.2) is 0 Å². The molecule has 0 amide bonds. The maximum atomic E-state index is 5.33. The molecular formula is C24H41N5O. The zero-order valence-electron chi connectivity index (χ0n) is 19.1. The van der Waals surface area contributed by atoms with Crippen molar-refractivity contribution in [1.82, 2.24) is 20.0 Å². The van der Waals surface area contributed by atoms with E-state index in [4.69, 9.17) is 9.73 Å². The van der Waals surface area contributed by atoms with Gasteiger partial charge in [0.15, 0.2) is 5.96 Å². The Kier molecular flexibility index (Phi) is 9.93. The lowest BCUT2D eigenvalue weighted by molar-refractivity contribution is 0.126. The van der Waals surface area contributed by atoms with Crippen LogP contribution in [0.25, 0.3) is 0 Å². The van der Waals surface area contributed by atoms with Crippen LogP contribution in [0, 0.1) is 5.92 Å². The van der Waals surface area contributed by atoms with Crippen molar-refractivity contribution < 1.29 is 4.74 Å². The molecule has 30 heavy (non-hydrogen) atoms. The third kappa shape index (κ3) is 7.56. The van der Waals surface area contributed by atoms with Crippen molar-refractivity contribution in [3.63, 3.8) is 0 Å². The Morgan fingerprint density at radius 2 is 1.83 bits per heavy atom. The van der Waals surface area contributed by atoms with Crippen LogP contribution in [0.3, 0.4) is 0 Å². The van der Waals surface area contributed by atoms with Crippen molar-refractivity contribution in [2.24, 2.45) is 10.9 Å². The van der Waals surface area contributed by atoms with Gasteiger partial charge >= 0.3 is 0 Å². The molecule has 2 aliphatic heterocycles. The fraction of sp³-hybridized carbons (Fsp3) is 0.708. The SMILES string of the molecule is CCNC(=NCCCCN1CCN(Cc2ccccc2)CC1)N1CCC(COC)C1. The van der Waals surface area contributed by atoms with Gasteiger partial charge in [0.1, 0.15) is 0 Å². The van der Waals surface area contributed by atoms with Gasteiger partial charge < -0.3 is 19.9 Å². The van der Waals surface area contributed by atoms with Crippen LogP contribution in [0.5, 0.6) is 0 Å². The maximum absolute atomic E-state index is 5.33. The number of likely N-dealkylation sites (tertiary alicyclic amines) is 1. The Balaban J connectivity index is 1.30. The summed E-state index contributed by atoms with van der Waals surface area (Å²) in [4.78, 5) is 12.5. The monoisotopic (exact) mass is 415 g/mol. The lowest BCUT2D eigenvalue weighted by atomic mass is 10.1. The minimum absolute atomic E-state index is 0.638. The predicted octanol–water partition coefficient (Wildman–Crippen LogP) is 2.52. The fourth-order valence-corrected chi connectivity index (χ4v) is 4.47. The molecule has 1 unspecified atom stereocenters. The highest BCUT2D eigenvalue weighted by atomic mass is 16.5. The summed E-state index contributed by atoms with van der Waals surface area (Å²) in [7, 11) is 1.80. The first-order valence-electron chi connectivity index (χ1n) is 11.8. The van der Waals surface area contributed by atoms with Crippen LogP contribution >= 0.6 is 0 Å². The van der Waals surface area contributed by atoms with Crippen LogP contribution in [-0.2, 0) is 11.3 Å². The largest absolute Gasteiger partial charge is 0.384 e. The van der Waals surface area contributed by atoms with E-state index in [0.717, 1.165) is 51.7 Å². The molecule has 3 rings (SSSR count). The highest BCUT2D eigenvalue weighted by Gasteiger charge is 2.24. The van der Waals surface area contributed by atoms with Crippen LogP contribution in [-0.4, -0.2) is 93.3 Å². The quantitative estimate of drug-likeness (QED) is 0.361. The number of rotatable bonds is 10. The summed E-state index contributed by atoms with van der Waals surface area (Å²) < 4.78 is 5.33. The van der Waals surface area contributed by atoms with E-state index in [1.54, 1.807) is 7.11 Å². The molecule has 2 aliphatic rings. The Bertz CT molecular complexity index is 615. The molecule has 2 fully saturated rings. The van der Waals surface area contributed by atoms with Gasteiger partial charge in [-0.15, -0.1) is 0 Å². The van der Waals surface area contributed by atoms with E-state index in [1.165, 1.54) is 51.1 Å². The Hall–Kier alpha value is -1.63. The number of hydrogen-bond donors (Lipinski definition) is 1. The predicted molar refractivity (Wildman–Crippen MR) is 125 cm³/mol. The van der Waals surface area contributed by atoms with E-state index in [0.29, 0.717) is 5.92 Å². The van der Waals surface area contributed by atoms with Crippen LogP contribution in [0.2, 0.25) is 0 Å². The topological polar surface area (TPSA) is 43.3 Å². The van der Waals surface area contributed by atoms with Gasteiger partial charge in [0, 0.05) is 71.9 Å². The fourth-order valence-electron chi connectivity index (χ4n) is 4.47. The van der Waals surface area contributed by atoms with Gasteiger partial charge in [0.05, 0.1) is 6.61 Å². The van der Waals surface area contributed by atoms with E-state index in [-0.39, 0.29) is 0 Å². The van der Waals surface area contributed by atoms with E-state index >= 15 is 0 Å². The summed E-state index contributed by atoms with van der Waals surface area (Å²) in [5.41, 5.74) is 1.42. The van der Waals surface area contributed by atoms with Gasteiger partial charge in [0.2, 0.25) is 0 Å². The highest BCUT2D eigenvalue weighted by Crippen LogP contribution is 2.16. The molecule has 2 saturated heterocycles. The summed E-state index contributed by atoms with van der Waals surface area (Å²) in [5.74, 6) is 1.73. The second-order valence-electron chi connectivity index (χ2n) is 8.60. The van der Waals surface area contributed by atoms with Crippen molar-refractivity contribution >= 4 is 5.96 Å². The van der Waals surface area contributed by atoms with Gasteiger partial charge in [0.25, 0.3) is 0 Å². The number of guanidine groups is 1. The van der Waals surface area contributed by atoms with Crippen LogP contribution in [0.15, 0.2) is 35.3 Å². The third-order valence-corrected chi connectivity index (χ3v) is 6.18. The lowest BCUT2D eigenvalue weighted by Gasteiger charge is -2.34. The Morgan fingerprint density at radius 3 is 2.57 bits per heavy atom. The molecule has 2 heterocycles. The number of benzene rings is 1. The lowest BCUT2D eigenvalue weighted by Crippen LogP contribution is -2.46. The van der Waals surface area contributed by atoms with E-state index in [1.807, 2.05) is 0 Å². The van der Waals surface area contributed by atoms with Crippen molar-refractivity contribution in [3.8, 4) is 0 Å². The number of nitrogens with one attached hydrogen (secondary N) is 1. The number of unbranched alkanes of at least 4 members (excludes halogenated alkanes) is 1. The minimum Gasteiger partial charge on any atom is -0.384 e. The Morgan fingerprint density at radius 1 is 1.07 bits per heavy atom.